The quantitative estimate of drug-likeness (QED) is 0.781. The van der Waals surface area contributed by atoms with Crippen LogP contribution in [0.3, 0.4) is 0 Å². The Morgan fingerprint density at radius 1 is 1.47 bits per heavy atom. The molecule has 0 aromatic heterocycles. The first-order valence-corrected chi connectivity index (χ1v) is 8.26. The summed E-state index contributed by atoms with van der Waals surface area (Å²) < 4.78 is 27.0. The van der Waals surface area contributed by atoms with Gasteiger partial charge >= 0.3 is 0 Å². The zero-order chi connectivity index (χ0) is 14.0. The number of hydrogen-bond donors (Lipinski definition) is 2. The predicted molar refractivity (Wildman–Crippen MR) is 80.5 cm³/mol. The maximum absolute atomic E-state index is 12.2. The molecular weight excluding hydrogens is 280 g/mol. The number of benzene rings is 1. The fourth-order valence-electron chi connectivity index (χ4n) is 2.26. The molecule has 1 saturated carbocycles. The summed E-state index contributed by atoms with van der Waals surface area (Å²) in [5.74, 6) is 0.264. The van der Waals surface area contributed by atoms with E-state index in [9.17, 15) is 8.42 Å². The van der Waals surface area contributed by atoms with E-state index in [1.54, 1.807) is 6.92 Å². The molecule has 0 heterocycles. The average Bonchev–Trinajstić information content (AvgIpc) is 3.08. The van der Waals surface area contributed by atoms with Crippen molar-refractivity contribution in [3.8, 4) is 0 Å². The molecule has 0 spiro atoms. The van der Waals surface area contributed by atoms with Crippen LogP contribution in [-0.4, -0.2) is 24.7 Å². The predicted octanol–water partition coefficient (Wildman–Crippen LogP) is 1.53. The number of nitrogens with one attached hydrogen (secondary N) is 1. The molecule has 6 heteroatoms. The molecule has 0 radical (unpaired) electrons. The lowest BCUT2D eigenvalue weighted by Crippen LogP contribution is -2.42. The highest BCUT2D eigenvalue weighted by Gasteiger charge is 2.42. The van der Waals surface area contributed by atoms with Gasteiger partial charge in [0.2, 0.25) is 10.0 Å². The van der Waals surface area contributed by atoms with E-state index in [0.29, 0.717) is 6.42 Å². The molecular formula is C13H18N2O2S2. The van der Waals surface area contributed by atoms with E-state index in [4.69, 9.17) is 18.0 Å². The topological polar surface area (TPSA) is 72.2 Å². The highest BCUT2D eigenvalue weighted by Crippen LogP contribution is 2.41. The summed E-state index contributed by atoms with van der Waals surface area (Å²) >= 11 is 4.82. The molecule has 3 atom stereocenters. The van der Waals surface area contributed by atoms with Crippen LogP contribution < -0.4 is 10.5 Å². The molecule has 1 aromatic rings. The second-order valence-corrected chi connectivity index (χ2v) is 7.19. The molecule has 19 heavy (non-hydrogen) atoms. The third-order valence-electron chi connectivity index (χ3n) is 3.40. The number of rotatable bonds is 6. The van der Waals surface area contributed by atoms with Crippen LogP contribution in [-0.2, 0) is 10.0 Å². The average molecular weight is 298 g/mol. The lowest BCUT2D eigenvalue weighted by molar-refractivity contribution is 0.573. The van der Waals surface area contributed by atoms with E-state index in [2.05, 4.69) is 4.72 Å². The van der Waals surface area contributed by atoms with Crippen LogP contribution in [0.5, 0.6) is 0 Å². The number of sulfonamides is 1. The molecule has 1 aliphatic carbocycles. The van der Waals surface area contributed by atoms with Crippen molar-refractivity contribution < 1.29 is 8.42 Å². The van der Waals surface area contributed by atoms with E-state index >= 15 is 0 Å². The lowest BCUT2D eigenvalue weighted by atomic mass is 10.1. The van der Waals surface area contributed by atoms with E-state index in [1.165, 1.54) is 5.56 Å². The van der Waals surface area contributed by atoms with Crippen LogP contribution in [0, 0.1) is 0 Å². The van der Waals surface area contributed by atoms with Crippen molar-refractivity contribution in [3.05, 3.63) is 35.9 Å². The van der Waals surface area contributed by atoms with Crippen molar-refractivity contribution in [2.24, 2.45) is 5.73 Å². The van der Waals surface area contributed by atoms with Gasteiger partial charge in [-0.25, -0.2) is 13.1 Å². The summed E-state index contributed by atoms with van der Waals surface area (Å²) in [5, 5.41) is -0.778. The molecule has 0 amide bonds. The third-order valence-corrected chi connectivity index (χ3v) is 5.80. The Bertz CT molecular complexity index is 557. The van der Waals surface area contributed by atoms with Gasteiger partial charge in [-0.3, -0.25) is 0 Å². The van der Waals surface area contributed by atoms with Gasteiger partial charge in [0.25, 0.3) is 0 Å². The number of thiocarbonyl (C=S) groups is 1. The summed E-state index contributed by atoms with van der Waals surface area (Å²) in [7, 11) is -3.47. The van der Waals surface area contributed by atoms with Gasteiger partial charge < -0.3 is 5.73 Å². The van der Waals surface area contributed by atoms with E-state index in [0.717, 1.165) is 6.42 Å². The van der Waals surface area contributed by atoms with Gasteiger partial charge in [-0.2, -0.15) is 0 Å². The van der Waals surface area contributed by atoms with Gasteiger partial charge in [-0.15, -0.1) is 0 Å². The van der Waals surface area contributed by atoms with Crippen LogP contribution in [0.2, 0.25) is 0 Å². The Morgan fingerprint density at radius 3 is 2.63 bits per heavy atom. The maximum Gasteiger partial charge on any atom is 0.221 e. The number of hydrogen-bond acceptors (Lipinski definition) is 3. The minimum absolute atomic E-state index is 0.0317. The van der Waals surface area contributed by atoms with Crippen LogP contribution in [0.4, 0.5) is 0 Å². The molecule has 104 valence electrons. The second-order valence-electron chi connectivity index (χ2n) is 4.82. The SMILES string of the molecule is CCC(C(N)=S)S(=O)(=O)NC1CC1c1ccccc1. The largest absolute Gasteiger partial charge is 0.392 e. The molecule has 0 aliphatic heterocycles. The molecule has 3 N–H and O–H groups in total. The summed E-state index contributed by atoms with van der Waals surface area (Å²) in [6.45, 7) is 1.77. The zero-order valence-corrected chi connectivity index (χ0v) is 12.4. The number of nitrogens with two attached hydrogens (primary N) is 1. The molecule has 0 saturated heterocycles. The lowest BCUT2D eigenvalue weighted by Gasteiger charge is -2.15. The molecule has 2 rings (SSSR count). The first-order chi connectivity index (χ1) is 8.95. The van der Waals surface area contributed by atoms with Crippen molar-refractivity contribution >= 4 is 27.2 Å². The van der Waals surface area contributed by atoms with Gasteiger partial charge in [-0.1, -0.05) is 49.5 Å². The van der Waals surface area contributed by atoms with E-state index in [-0.39, 0.29) is 16.9 Å². The maximum atomic E-state index is 12.2. The van der Waals surface area contributed by atoms with Gasteiger partial charge in [0.1, 0.15) is 5.25 Å². The highest BCUT2D eigenvalue weighted by molar-refractivity contribution is 7.93. The Morgan fingerprint density at radius 2 is 2.11 bits per heavy atom. The van der Waals surface area contributed by atoms with Gasteiger partial charge in [0.15, 0.2) is 0 Å². The van der Waals surface area contributed by atoms with E-state index in [1.807, 2.05) is 30.3 Å². The third kappa shape index (κ3) is 3.32. The van der Waals surface area contributed by atoms with Crippen molar-refractivity contribution in [2.45, 2.75) is 37.0 Å². The monoisotopic (exact) mass is 298 g/mol. The summed E-state index contributed by atoms with van der Waals surface area (Å²) in [6.07, 6.45) is 1.23. The van der Waals surface area contributed by atoms with Crippen LogP contribution in [0.15, 0.2) is 30.3 Å². The fourth-order valence-corrected chi connectivity index (χ4v) is 4.40. The molecule has 1 aliphatic rings. The molecule has 1 fully saturated rings. The second kappa shape index (κ2) is 5.56. The summed E-state index contributed by atoms with van der Waals surface area (Å²) in [5.41, 5.74) is 6.65. The molecule has 0 bridgehead atoms. The Labute approximate surface area is 119 Å². The van der Waals surface area contributed by atoms with Crippen molar-refractivity contribution in [3.63, 3.8) is 0 Å². The minimum Gasteiger partial charge on any atom is -0.392 e. The smallest absolute Gasteiger partial charge is 0.221 e. The van der Waals surface area contributed by atoms with Crippen LogP contribution in [0.1, 0.15) is 31.2 Å². The highest BCUT2D eigenvalue weighted by atomic mass is 32.2. The minimum atomic E-state index is -3.47. The fraction of sp³-hybridized carbons (Fsp3) is 0.462. The molecule has 3 unspecified atom stereocenters. The zero-order valence-electron chi connectivity index (χ0n) is 10.7. The standard InChI is InChI=1S/C13H18N2O2S2/c1-2-12(13(14)18)19(16,17)15-11-8-10(11)9-6-4-3-5-7-9/h3-7,10-12,15H,2,8H2,1H3,(H2,14,18). The first kappa shape index (κ1) is 14.4. The molecule has 4 nitrogen and oxygen atoms in total. The normalized spacial score (nSPS) is 23.8. The summed E-state index contributed by atoms with van der Waals surface area (Å²) in [4.78, 5) is 0.0342. The van der Waals surface area contributed by atoms with Crippen LogP contribution >= 0.6 is 12.2 Å². The van der Waals surface area contributed by atoms with Crippen molar-refractivity contribution in [2.75, 3.05) is 0 Å². The molecule has 1 aromatic carbocycles. The van der Waals surface area contributed by atoms with E-state index < -0.39 is 15.3 Å². The van der Waals surface area contributed by atoms with Gasteiger partial charge in [0.05, 0.1) is 4.99 Å². The van der Waals surface area contributed by atoms with Crippen molar-refractivity contribution in [1.82, 2.24) is 4.72 Å². The van der Waals surface area contributed by atoms with Gasteiger partial charge in [0, 0.05) is 12.0 Å². The first-order valence-electron chi connectivity index (χ1n) is 6.31. The Kier molecular flexibility index (Phi) is 4.23. The Hall–Kier alpha value is -0.980. The van der Waals surface area contributed by atoms with Gasteiger partial charge in [-0.05, 0) is 18.4 Å². The Balaban J connectivity index is 2.02. The summed E-state index contributed by atoms with van der Waals surface area (Å²) in [6, 6.07) is 9.88. The van der Waals surface area contributed by atoms with Crippen molar-refractivity contribution in [1.29, 1.82) is 0 Å². The van der Waals surface area contributed by atoms with Crippen LogP contribution in [0.25, 0.3) is 0 Å².